The fourth-order valence-electron chi connectivity index (χ4n) is 5.22. The number of nitrogens with one attached hydrogen (secondary N) is 2. The molecule has 0 spiro atoms. The lowest BCUT2D eigenvalue weighted by Gasteiger charge is -2.30. The summed E-state index contributed by atoms with van der Waals surface area (Å²) in [6.45, 7) is 9.01. The second kappa shape index (κ2) is 11.5. The van der Waals surface area contributed by atoms with E-state index in [4.69, 9.17) is 0 Å². The van der Waals surface area contributed by atoms with Gasteiger partial charge in [-0.3, -0.25) is 19.8 Å². The lowest BCUT2D eigenvalue weighted by molar-refractivity contribution is 0.0872. The van der Waals surface area contributed by atoms with Gasteiger partial charge in [0.1, 0.15) is 0 Å². The van der Waals surface area contributed by atoms with Gasteiger partial charge >= 0.3 is 0 Å². The van der Waals surface area contributed by atoms with E-state index in [-0.39, 0.29) is 12.0 Å². The van der Waals surface area contributed by atoms with Crippen molar-refractivity contribution in [2.45, 2.75) is 52.6 Å². The number of hydrogen-bond acceptors (Lipinski definition) is 5. The molecule has 5 rings (SSSR count). The van der Waals surface area contributed by atoms with Gasteiger partial charge in [-0.1, -0.05) is 42.9 Å². The van der Waals surface area contributed by atoms with Crippen LogP contribution in [0.15, 0.2) is 76.6 Å². The van der Waals surface area contributed by atoms with Crippen molar-refractivity contribution in [2.75, 3.05) is 19.6 Å². The minimum absolute atomic E-state index is 0.170. The minimum Gasteiger partial charge on any atom is -0.393 e. The Morgan fingerprint density at radius 3 is 2.79 bits per heavy atom. The van der Waals surface area contributed by atoms with Crippen molar-refractivity contribution in [3.8, 4) is 0 Å². The summed E-state index contributed by atoms with van der Waals surface area (Å²) in [6.07, 6.45) is 15.8. The molecule has 7 nitrogen and oxygen atoms in total. The van der Waals surface area contributed by atoms with Crippen molar-refractivity contribution in [3.05, 3.63) is 82.9 Å². The largest absolute Gasteiger partial charge is 0.393 e. The number of aliphatic hydroxyl groups excluding tert-OH is 1. The van der Waals surface area contributed by atoms with Crippen molar-refractivity contribution in [3.63, 3.8) is 0 Å². The molecular weight excluding hydrogens is 474 g/mol. The van der Waals surface area contributed by atoms with Crippen LogP contribution >= 0.6 is 0 Å². The van der Waals surface area contributed by atoms with Gasteiger partial charge < -0.3 is 10.4 Å². The molecule has 3 N–H and O–H groups in total. The molecule has 1 unspecified atom stereocenters. The molecule has 1 aromatic carbocycles. The Bertz CT molecular complexity index is 1390. The monoisotopic (exact) mass is 511 g/mol. The van der Waals surface area contributed by atoms with Gasteiger partial charge in [-0.25, -0.2) is 0 Å². The number of aromatic amines is 1. The van der Waals surface area contributed by atoms with E-state index in [9.17, 15) is 9.90 Å². The summed E-state index contributed by atoms with van der Waals surface area (Å²) in [6, 6.07) is 6.12. The Labute approximate surface area is 224 Å². The molecule has 1 fully saturated rings. The van der Waals surface area contributed by atoms with Crippen LogP contribution in [0.4, 0.5) is 0 Å². The highest BCUT2D eigenvalue weighted by molar-refractivity contribution is 6.06. The predicted molar refractivity (Wildman–Crippen MR) is 154 cm³/mol. The van der Waals surface area contributed by atoms with Crippen molar-refractivity contribution in [1.82, 2.24) is 20.4 Å². The van der Waals surface area contributed by atoms with Gasteiger partial charge in [-0.05, 0) is 80.4 Å². The molecule has 7 heteroatoms. The SMILES string of the molecule is CC(C)=CC1=NC=C(NC(=O)c2n[nH]c3ccc(C4=CC(CN5CCC(O)CC5)=CC(C)C=C4)cc23)CC1. The zero-order valence-electron chi connectivity index (χ0n) is 22.5. The maximum atomic E-state index is 13.2. The van der Waals surface area contributed by atoms with Gasteiger partial charge in [0.15, 0.2) is 5.69 Å². The second-order valence-corrected chi connectivity index (χ2v) is 10.8. The summed E-state index contributed by atoms with van der Waals surface area (Å²) in [7, 11) is 0. The van der Waals surface area contributed by atoms with E-state index < -0.39 is 0 Å². The Kier molecular flexibility index (Phi) is 7.86. The quantitative estimate of drug-likeness (QED) is 0.490. The third kappa shape index (κ3) is 6.29. The van der Waals surface area contributed by atoms with E-state index >= 15 is 0 Å². The second-order valence-electron chi connectivity index (χ2n) is 10.8. The number of aliphatic hydroxyl groups is 1. The van der Waals surface area contributed by atoms with Gasteiger partial charge in [-0.2, -0.15) is 5.10 Å². The zero-order chi connectivity index (χ0) is 26.6. The third-order valence-electron chi connectivity index (χ3n) is 7.24. The first-order valence-electron chi connectivity index (χ1n) is 13.6. The van der Waals surface area contributed by atoms with Crippen LogP contribution in [0.3, 0.4) is 0 Å². The van der Waals surface area contributed by atoms with Crippen LogP contribution in [0.2, 0.25) is 0 Å². The molecule has 0 saturated carbocycles. The number of aliphatic imine (C=N–C) groups is 1. The average molecular weight is 512 g/mol. The van der Waals surface area contributed by atoms with Crippen LogP contribution in [0, 0.1) is 5.92 Å². The van der Waals surface area contributed by atoms with Crippen molar-refractivity contribution in [2.24, 2.45) is 10.9 Å². The highest BCUT2D eigenvalue weighted by Gasteiger charge is 2.20. The molecule has 1 aromatic heterocycles. The van der Waals surface area contributed by atoms with E-state index in [1.165, 1.54) is 11.1 Å². The number of benzene rings is 1. The topological polar surface area (TPSA) is 93.6 Å². The lowest BCUT2D eigenvalue weighted by Crippen LogP contribution is -2.36. The maximum absolute atomic E-state index is 13.2. The molecule has 3 heterocycles. The predicted octanol–water partition coefficient (Wildman–Crippen LogP) is 5.31. The summed E-state index contributed by atoms with van der Waals surface area (Å²) in [5.74, 6) is 0.101. The molecule has 1 atom stereocenters. The van der Waals surface area contributed by atoms with E-state index in [1.54, 1.807) is 6.20 Å². The highest BCUT2D eigenvalue weighted by atomic mass is 16.3. The molecule has 3 aliphatic rings. The molecule has 0 radical (unpaired) electrons. The number of amides is 1. The van der Waals surface area contributed by atoms with Gasteiger partial charge in [0.05, 0.1) is 11.6 Å². The Morgan fingerprint density at radius 2 is 2.05 bits per heavy atom. The van der Waals surface area contributed by atoms with E-state index in [1.807, 2.05) is 6.07 Å². The molecule has 1 amide bonds. The number of carbonyl (C=O) groups excluding carboxylic acids is 1. The molecule has 38 heavy (non-hydrogen) atoms. The molecule has 2 aromatic rings. The summed E-state index contributed by atoms with van der Waals surface area (Å²) >= 11 is 0. The zero-order valence-corrected chi connectivity index (χ0v) is 22.5. The fraction of sp³-hybridized carbons (Fsp3) is 0.387. The number of aromatic nitrogens is 2. The van der Waals surface area contributed by atoms with Gasteiger partial charge in [0, 0.05) is 42.6 Å². The summed E-state index contributed by atoms with van der Waals surface area (Å²) in [5.41, 5.74) is 7.70. The van der Waals surface area contributed by atoms with Crippen molar-refractivity contribution < 1.29 is 9.90 Å². The summed E-state index contributed by atoms with van der Waals surface area (Å²) in [4.78, 5) is 20.1. The molecule has 198 valence electrons. The van der Waals surface area contributed by atoms with Crippen LogP contribution in [0.5, 0.6) is 0 Å². The van der Waals surface area contributed by atoms with E-state index in [2.05, 4.69) is 88.7 Å². The first-order valence-corrected chi connectivity index (χ1v) is 13.6. The number of hydrogen-bond donors (Lipinski definition) is 3. The minimum atomic E-state index is -0.229. The number of carbonyl (C=O) groups is 1. The first-order chi connectivity index (χ1) is 18.3. The molecular formula is C31H37N5O2. The van der Waals surface area contributed by atoms with Crippen molar-refractivity contribution in [1.29, 1.82) is 0 Å². The molecule has 2 aliphatic heterocycles. The molecule has 1 aliphatic carbocycles. The smallest absolute Gasteiger partial charge is 0.276 e. The average Bonchev–Trinajstić information content (AvgIpc) is 3.23. The number of rotatable bonds is 6. The highest BCUT2D eigenvalue weighted by Crippen LogP contribution is 2.28. The maximum Gasteiger partial charge on any atom is 0.276 e. The van der Waals surface area contributed by atoms with Crippen LogP contribution in [-0.4, -0.2) is 57.6 Å². The van der Waals surface area contributed by atoms with Gasteiger partial charge in [-0.15, -0.1) is 0 Å². The summed E-state index contributed by atoms with van der Waals surface area (Å²) < 4.78 is 0. The fourth-order valence-corrected chi connectivity index (χ4v) is 5.22. The van der Waals surface area contributed by atoms with Crippen LogP contribution in [0.1, 0.15) is 62.5 Å². The van der Waals surface area contributed by atoms with E-state index in [0.717, 1.165) is 78.8 Å². The molecule has 1 saturated heterocycles. The van der Waals surface area contributed by atoms with Gasteiger partial charge in [0.25, 0.3) is 5.91 Å². The summed E-state index contributed by atoms with van der Waals surface area (Å²) in [5, 5.41) is 21.0. The lowest BCUT2D eigenvalue weighted by atomic mass is 10.00. The Balaban J connectivity index is 1.36. The number of nitrogens with zero attached hydrogens (tertiary/aromatic N) is 3. The number of allylic oxidation sites excluding steroid dienone is 7. The Hall–Kier alpha value is -3.55. The van der Waals surface area contributed by atoms with Crippen LogP contribution < -0.4 is 5.32 Å². The van der Waals surface area contributed by atoms with Crippen molar-refractivity contribution >= 4 is 28.1 Å². The Morgan fingerprint density at radius 1 is 1.24 bits per heavy atom. The number of piperidine rings is 1. The number of H-pyrrole nitrogens is 1. The van der Waals surface area contributed by atoms with Gasteiger partial charge in [0.2, 0.25) is 0 Å². The number of likely N-dealkylation sites (tertiary alicyclic amines) is 1. The van der Waals surface area contributed by atoms with Crippen LogP contribution in [0.25, 0.3) is 16.5 Å². The first kappa shape index (κ1) is 26.1. The van der Waals surface area contributed by atoms with E-state index in [0.29, 0.717) is 11.6 Å². The normalized spacial score (nSPS) is 20.8. The molecule has 0 bridgehead atoms. The van der Waals surface area contributed by atoms with Crippen LogP contribution in [-0.2, 0) is 0 Å². The number of fused-ring (bicyclic) bond motifs is 1. The third-order valence-corrected chi connectivity index (χ3v) is 7.24. The standard InChI is InChI=1S/C31H37N5O2/c1-20(2)14-25-7-8-26(18-32-25)33-31(38)30-28-17-24(6-9-29(28)34-35-30)23-5-4-21(3)15-22(16-23)19-36-12-10-27(37)11-13-36/h4-6,9,14-18,21,27,37H,7-8,10-13,19H2,1-3H3,(H,33,38)(H,34,35).